The van der Waals surface area contributed by atoms with Crippen LogP contribution in [0.4, 0.5) is 9.59 Å². The van der Waals surface area contributed by atoms with Gasteiger partial charge in [0.05, 0.1) is 0 Å². The Kier molecular flexibility index (Phi) is 8.79. The lowest BCUT2D eigenvalue weighted by Gasteiger charge is -2.35. The molecule has 3 rings (SSSR count). The van der Waals surface area contributed by atoms with Crippen molar-refractivity contribution in [3.8, 4) is 0 Å². The fraction of sp³-hybridized carbons (Fsp3) is 0.909. The van der Waals surface area contributed by atoms with E-state index in [0.717, 1.165) is 58.3 Å². The summed E-state index contributed by atoms with van der Waals surface area (Å²) in [6.45, 7) is 19.4. The fourth-order valence-corrected chi connectivity index (χ4v) is 3.28. The van der Waals surface area contributed by atoms with E-state index in [2.05, 4.69) is 10.2 Å². The highest BCUT2D eigenvalue weighted by atomic mass is 16.6. The number of piperazine rings is 2. The van der Waals surface area contributed by atoms with Crippen LogP contribution in [0, 0.1) is 5.92 Å². The molecule has 3 fully saturated rings. The molecule has 30 heavy (non-hydrogen) atoms. The van der Waals surface area contributed by atoms with Crippen molar-refractivity contribution < 1.29 is 19.1 Å². The average Bonchev–Trinajstić information content (AvgIpc) is 3.45. The normalized spacial score (nSPS) is 20.9. The molecule has 2 heterocycles. The van der Waals surface area contributed by atoms with E-state index in [1.54, 1.807) is 4.90 Å². The summed E-state index contributed by atoms with van der Waals surface area (Å²) in [4.78, 5) is 29.4. The van der Waals surface area contributed by atoms with Crippen molar-refractivity contribution >= 4 is 12.2 Å². The summed E-state index contributed by atoms with van der Waals surface area (Å²) in [6.07, 6.45) is 2.43. The number of hydrogen-bond donors (Lipinski definition) is 1. The second-order valence-corrected chi connectivity index (χ2v) is 10.4. The lowest BCUT2D eigenvalue weighted by molar-refractivity contribution is 0.0141. The van der Waals surface area contributed by atoms with Crippen LogP contribution in [0.1, 0.15) is 54.4 Å². The quantitative estimate of drug-likeness (QED) is 0.732. The van der Waals surface area contributed by atoms with Gasteiger partial charge in [-0.15, -0.1) is 0 Å². The van der Waals surface area contributed by atoms with Crippen molar-refractivity contribution in [1.82, 2.24) is 20.0 Å². The minimum Gasteiger partial charge on any atom is -0.444 e. The van der Waals surface area contributed by atoms with E-state index in [1.165, 1.54) is 19.4 Å². The van der Waals surface area contributed by atoms with Gasteiger partial charge in [0.15, 0.2) is 0 Å². The third-order valence-electron chi connectivity index (χ3n) is 5.01. The van der Waals surface area contributed by atoms with Gasteiger partial charge in [0, 0.05) is 58.9 Å². The maximum absolute atomic E-state index is 11.8. The van der Waals surface area contributed by atoms with Gasteiger partial charge in [-0.05, 0) is 60.3 Å². The first kappa shape index (κ1) is 24.7. The summed E-state index contributed by atoms with van der Waals surface area (Å²) in [7, 11) is 0. The molecule has 1 N–H and O–H groups in total. The molecular formula is C22H42N4O4. The van der Waals surface area contributed by atoms with Gasteiger partial charge in [-0.25, -0.2) is 9.59 Å². The van der Waals surface area contributed by atoms with E-state index in [0.29, 0.717) is 0 Å². The molecule has 0 aromatic carbocycles. The third-order valence-corrected chi connectivity index (χ3v) is 5.01. The second kappa shape index (κ2) is 10.7. The maximum Gasteiger partial charge on any atom is 0.410 e. The minimum atomic E-state index is -0.387. The summed E-state index contributed by atoms with van der Waals surface area (Å²) in [5.74, 6) is 0.933. The highest BCUT2D eigenvalue weighted by molar-refractivity contribution is 5.68. The zero-order valence-electron chi connectivity index (χ0n) is 19.8. The molecule has 8 nitrogen and oxygen atoms in total. The number of carbonyl (C=O) groups is 2. The molecular weight excluding hydrogens is 384 g/mol. The largest absolute Gasteiger partial charge is 0.444 e. The molecule has 2 saturated heterocycles. The number of amides is 2. The van der Waals surface area contributed by atoms with Crippen LogP contribution < -0.4 is 5.32 Å². The van der Waals surface area contributed by atoms with E-state index in [4.69, 9.17) is 9.47 Å². The van der Waals surface area contributed by atoms with Crippen LogP contribution in [-0.4, -0.2) is 97.0 Å². The molecule has 2 aliphatic heterocycles. The molecule has 1 saturated carbocycles. The number of carbonyl (C=O) groups excluding carboxylic acids is 2. The molecule has 174 valence electrons. The van der Waals surface area contributed by atoms with Crippen molar-refractivity contribution in [3.63, 3.8) is 0 Å². The number of hydrogen-bond acceptors (Lipinski definition) is 6. The van der Waals surface area contributed by atoms with Crippen LogP contribution in [0.15, 0.2) is 0 Å². The Hall–Kier alpha value is -1.54. The lowest BCUT2D eigenvalue weighted by Crippen LogP contribution is -2.50. The molecule has 0 bridgehead atoms. The van der Waals surface area contributed by atoms with Gasteiger partial charge in [-0.3, -0.25) is 4.90 Å². The predicted octanol–water partition coefficient (Wildman–Crippen LogP) is 2.78. The topological polar surface area (TPSA) is 74.4 Å². The minimum absolute atomic E-state index is 0.163. The molecule has 8 heteroatoms. The standard InChI is InChI=1S/C13H24N2O2.C9H18N2O2/c1-13(2,3)17-12(16)15-8-6-14(7-9-15)10-11-4-5-11;1-9(2,3)13-8(12)11-6-4-10-5-7-11/h11H,4-10H2,1-3H3;10H,4-7H2,1-3H3. The summed E-state index contributed by atoms with van der Waals surface area (Å²) >= 11 is 0. The first-order chi connectivity index (χ1) is 13.9. The van der Waals surface area contributed by atoms with E-state index in [-0.39, 0.29) is 23.4 Å². The molecule has 0 unspecified atom stereocenters. The molecule has 0 aromatic heterocycles. The van der Waals surface area contributed by atoms with Crippen LogP contribution in [-0.2, 0) is 9.47 Å². The second-order valence-electron chi connectivity index (χ2n) is 10.4. The Morgan fingerprint density at radius 2 is 1.20 bits per heavy atom. The van der Waals surface area contributed by atoms with Crippen molar-refractivity contribution in [3.05, 3.63) is 0 Å². The monoisotopic (exact) mass is 426 g/mol. The lowest BCUT2D eigenvalue weighted by atomic mass is 10.2. The van der Waals surface area contributed by atoms with E-state index in [9.17, 15) is 9.59 Å². The molecule has 0 radical (unpaired) electrons. The van der Waals surface area contributed by atoms with Gasteiger partial charge in [0.2, 0.25) is 0 Å². The van der Waals surface area contributed by atoms with Crippen molar-refractivity contribution in [2.75, 3.05) is 58.9 Å². The number of nitrogens with one attached hydrogen (secondary N) is 1. The van der Waals surface area contributed by atoms with Gasteiger partial charge in [-0.1, -0.05) is 0 Å². The number of nitrogens with zero attached hydrogens (tertiary/aromatic N) is 3. The van der Waals surface area contributed by atoms with E-state index < -0.39 is 0 Å². The highest BCUT2D eigenvalue weighted by Gasteiger charge is 2.29. The Bertz CT molecular complexity index is 552. The molecule has 3 aliphatic rings. The Balaban J connectivity index is 0.000000222. The van der Waals surface area contributed by atoms with E-state index in [1.807, 2.05) is 46.4 Å². The molecule has 0 spiro atoms. The Morgan fingerprint density at radius 3 is 1.60 bits per heavy atom. The SMILES string of the molecule is CC(C)(C)OC(=O)N1CCN(CC2CC2)CC1.CC(C)(C)OC(=O)N1CCNCC1. The van der Waals surface area contributed by atoms with Crippen LogP contribution in [0.25, 0.3) is 0 Å². The van der Waals surface area contributed by atoms with Gasteiger partial charge in [0.25, 0.3) is 0 Å². The molecule has 0 aromatic rings. The predicted molar refractivity (Wildman–Crippen MR) is 118 cm³/mol. The molecule has 2 amide bonds. The zero-order chi connectivity index (χ0) is 22.4. The average molecular weight is 427 g/mol. The number of rotatable bonds is 2. The van der Waals surface area contributed by atoms with Crippen LogP contribution in [0.5, 0.6) is 0 Å². The maximum atomic E-state index is 11.8. The summed E-state index contributed by atoms with van der Waals surface area (Å²) in [6, 6.07) is 0. The van der Waals surface area contributed by atoms with Crippen molar-refractivity contribution in [2.45, 2.75) is 65.6 Å². The van der Waals surface area contributed by atoms with Crippen LogP contribution in [0.3, 0.4) is 0 Å². The summed E-state index contributed by atoms with van der Waals surface area (Å²) in [5, 5.41) is 3.18. The van der Waals surface area contributed by atoms with Crippen LogP contribution >= 0.6 is 0 Å². The Labute approximate surface area is 182 Å². The van der Waals surface area contributed by atoms with Gasteiger partial charge in [0.1, 0.15) is 11.2 Å². The zero-order valence-corrected chi connectivity index (χ0v) is 19.8. The fourth-order valence-electron chi connectivity index (χ4n) is 3.28. The summed E-state index contributed by atoms with van der Waals surface area (Å²) in [5.41, 5.74) is -0.774. The van der Waals surface area contributed by atoms with Crippen molar-refractivity contribution in [1.29, 1.82) is 0 Å². The summed E-state index contributed by atoms with van der Waals surface area (Å²) < 4.78 is 10.6. The van der Waals surface area contributed by atoms with E-state index >= 15 is 0 Å². The third kappa shape index (κ3) is 9.98. The smallest absolute Gasteiger partial charge is 0.410 e. The first-order valence-electron chi connectivity index (χ1n) is 11.3. The van der Waals surface area contributed by atoms with Gasteiger partial charge in [-0.2, -0.15) is 0 Å². The Morgan fingerprint density at radius 1 is 0.767 bits per heavy atom. The number of ether oxygens (including phenoxy) is 2. The highest BCUT2D eigenvalue weighted by Crippen LogP contribution is 2.30. The van der Waals surface area contributed by atoms with Gasteiger partial charge >= 0.3 is 12.2 Å². The molecule has 0 atom stereocenters. The van der Waals surface area contributed by atoms with Gasteiger partial charge < -0.3 is 24.6 Å². The van der Waals surface area contributed by atoms with Crippen LogP contribution in [0.2, 0.25) is 0 Å². The van der Waals surface area contributed by atoms with Crippen molar-refractivity contribution in [2.24, 2.45) is 5.92 Å². The first-order valence-corrected chi connectivity index (χ1v) is 11.3. The molecule has 1 aliphatic carbocycles.